The number of aliphatic hydroxyl groups is 2. The zero-order valence-corrected chi connectivity index (χ0v) is 37.6. The molecule has 15 heteroatoms. The number of Topliss-reactive ketones (excluding diaryl/α,β-unsaturated/α-hetero) is 2. The number of ether oxygens (including phenoxy) is 5. The number of carbonyl (C=O) groups excluding carboxylic acids is 5. The van der Waals surface area contributed by atoms with Gasteiger partial charge in [0.1, 0.15) is 35.6 Å². The lowest BCUT2D eigenvalue weighted by atomic mass is 9.74. The van der Waals surface area contributed by atoms with Crippen molar-refractivity contribution >= 4 is 29.5 Å². The Hall–Kier alpha value is -3.47. The average Bonchev–Trinajstić information content (AvgIpc) is 3.17. The number of ketones is 2. The predicted octanol–water partition coefficient (Wildman–Crippen LogP) is 4.18. The molecule has 1 aromatic rings. The second-order valence-electron chi connectivity index (χ2n) is 18.3. The van der Waals surface area contributed by atoms with E-state index in [1.165, 1.54) is 27.9 Å². The number of rotatable bonds is 10. The number of cyclic esters (lactones) is 1. The monoisotopic (exact) mass is 834 g/mol. The molecule has 2 aliphatic heterocycles. The van der Waals surface area contributed by atoms with Crippen LogP contribution in [0.25, 0.3) is 0 Å². The Labute approximate surface area is 350 Å². The molecule has 0 aromatic heterocycles. The highest BCUT2D eigenvalue weighted by Gasteiger charge is 2.53. The van der Waals surface area contributed by atoms with Crippen LogP contribution in [0.1, 0.15) is 111 Å². The minimum atomic E-state index is -2.10. The van der Waals surface area contributed by atoms with E-state index >= 15 is 0 Å². The van der Waals surface area contributed by atoms with Crippen molar-refractivity contribution in [3.8, 4) is 0 Å². The van der Waals surface area contributed by atoms with Crippen molar-refractivity contribution in [2.75, 3.05) is 34.3 Å². The van der Waals surface area contributed by atoms with Crippen LogP contribution in [0.15, 0.2) is 24.3 Å². The van der Waals surface area contributed by atoms with Crippen molar-refractivity contribution in [3.05, 3.63) is 35.4 Å². The first-order valence-corrected chi connectivity index (χ1v) is 20.8. The summed E-state index contributed by atoms with van der Waals surface area (Å²) in [5.41, 5.74) is -2.00. The molecule has 4 N–H and O–H groups in total. The van der Waals surface area contributed by atoms with E-state index in [0.29, 0.717) is 12.0 Å². The molecule has 334 valence electrons. The van der Waals surface area contributed by atoms with E-state index in [1.807, 2.05) is 38.1 Å². The number of methoxy groups -OCH3 is 1. The molecule has 0 aliphatic carbocycles. The highest BCUT2D eigenvalue weighted by atomic mass is 16.7. The molecule has 59 heavy (non-hydrogen) atoms. The largest absolute Gasteiger partial charge is 0.459 e. The van der Waals surface area contributed by atoms with Crippen molar-refractivity contribution in [1.29, 1.82) is 0 Å². The van der Waals surface area contributed by atoms with Gasteiger partial charge in [0.25, 0.3) is 5.91 Å². The van der Waals surface area contributed by atoms with Gasteiger partial charge in [0, 0.05) is 43.6 Å². The number of carbonyl (C=O) groups is 5. The number of esters is 1. The number of hydrogen-bond acceptors (Lipinski definition) is 13. The highest BCUT2D eigenvalue weighted by Crippen LogP contribution is 2.39. The van der Waals surface area contributed by atoms with Gasteiger partial charge in [0.05, 0.1) is 23.7 Å². The summed E-state index contributed by atoms with van der Waals surface area (Å²) in [4.78, 5) is 70.3. The molecule has 0 spiro atoms. The van der Waals surface area contributed by atoms with Gasteiger partial charge in [-0.15, -0.1) is 0 Å². The Bertz CT molecular complexity index is 1610. The van der Waals surface area contributed by atoms with Gasteiger partial charge in [-0.1, -0.05) is 60.6 Å². The Balaban J connectivity index is 1.91. The lowest BCUT2D eigenvalue weighted by Crippen LogP contribution is -2.60. The van der Waals surface area contributed by atoms with E-state index in [2.05, 4.69) is 31.4 Å². The standard InChI is InChI=1S/C44H71N3O12/c1-15-32-44(11,54)37(59-41(53)46-21-20-45-38(51)29-16-18-30(19-17-29)42(7,8)9)26(4)33(48)24(2)23-43(10,55-14)36(27(5)34(49)28(6)39(52)57-32)58-40-35(50)31(47(12)13)22-25(3)56-40/h16-19,24-28,31-32,35-37,40,50,54H,15,20-23H2,1-14H3,(H,45,51)(H,46,53)/t24-,25-,26+,27+,28-,31+,32-,35-,36-,37-,40+,43-,44-/m1/s1. The smallest absolute Gasteiger partial charge is 0.407 e. The van der Waals surface area contributed by atoms with Crippen LogP contribution in [-0.2, 0) is 43.5 Å². The van der Waals surface area contributed by atoms with E-state index in [4.69, 9.17) is 23.7 Å². The second-order valence-corrected chi connectivity index (χ2v) is 18.3. The maximum atomic E-state index is 14.4. The molecular formula is C44H71N3O12. The molecule has 3 rings (SSSR count). The van der Waals surface area contributed by atoms with E-state index in [9.17, 15) is 34.2 Å². The zero-order chi connectivity index (χ0) is 44.8. The molecule has 2 heterocycles. The van der Waals surface area contributed by atoms with Crippen molar-refractivity contribution in [2.24, 2.45) is 23.7 Å². The minimum Gasteiger partial charge on any atom is -0.459 e. The average molecular weight is 834 g/mol. The van der Waals surface area contributed by atoms with Crippen LogP contribution in [0.3, 0.4) is 0 Å². The Morgan fingerprint density at radius 2 is 1.51 bits per heavy atom. The van der Waals surface area contributed by atoms with Crippen molar-refractivity contribution < 1.29 is 57.9 Å². The summed E-state index contributed by atoms with van der Waals surface area (Å²) in [5, 5.41) is 28.8. The van der Waals surface area contributed by atoms with Crippen molar-refractivity contribution in [2.45, 2.75) is 155 Å². The molecule has 0 bridgehead atoms. The number of nitrogens with one attached hydrogen (secondary N) is 2. The van der Waals surface area contributed by atoms with Gasteiger partial charge in [0.2, 0.25) is 0 Å². The van der Waals surface area contributed by atoms with Gasteiger partial charge >= 0.3 is 12.1 Å². The van der Waals surface area contributed by atoms with Crippen molar-refractivity contribution in [3.63, 3.8) is 0 Å². The molecule has 2 saturated heterocycles. The highest BCUT2D eigenvalue weighted by molar-refractivity contribution is 6.00. The summed E-state index contributed by atoms with van der Waals surface area (Å²) in [6.45, 7) is 19.0. The molecule has 0 saturated carbocycles. The fraction of sp³-hybridized carbons (Fsp3) is 0.750. The summed E-state index contributed by atoms with van der Waals surface area (Å²) >= 11 is 0. The molecule has 15 nitrogen and oxygen atoms in total. The van der Waals surface area contributed by atoms with E-state index in [1.54, 1.807) is 39.8 Å². The van der Waals surface area contributed by atoms with Crippen LogP contribution in [-0.4, -0.2) is 133 Å². The van der Waals surface area contributed by atoms with Crippen LogP contribution < -0.4 is 10.6 Å². The van der Waals surface area contributed by atoms with Crippen LogP contribution in [0.4, 0.5) is 4.79 Å². The van der Waals surface area contributed by atoms with Crippen LogP contribution in [0.5, 0.6) is 0 Å². The first kappa shape index (κ1) is 49.9. The summed E-state index contributed by atoms with van der Waals surface area (Å²) in [7, 11) is 5.11. The summed E-state index contributed by atoms with van der Waals surface area (Å²) < 4.78 is 30.3. The fourth-order valence-corrected chi connectivity index (χ4v) is 8.36. The number of nitrogens with zero attached hydrogens (tertiary/aromatic N) is 1. The van der Waals surface area contributed by atoms with E-state index < -0.39 is 89.2 Å². The van der Waals surface area contributed by atoms with Gasteiger partial charge in [-0.25, -0.2) is 4.79 Å². The molecule has 0 radical (unpaired) electrons. The maximum Gasteiger partial charge on any atom is 0.407 e. The van der Waals surface area contributed by atoms with Crippen LogP contribution in [0.2, 0.25) is 0 Å². The lowest BCUT2D eigenvalue weighted by molar-refractivity contribution is -0.295. The first-order chi connectivity index (χ1) is 27.3. The maximum absolute atomic E-state index is 14.4. The summed E-state index contributed by atoms with van der Waals surface area (Å²) in [6, 6.07) is 6.94. The van der Waals surface area contributed by atoms with E-state index in [-0.39, 0.29) is 49.4 Å². The van der Waals surface area contributed by atoms with Gasteiger partial charge in [0.15, 0.2) is 12.1 Å². The molecule has 1 aromatic carbocycles. The number of hydrogen-bond donors (Lipinski definition) is 4. The Morgan fingerprint density at radius 1 is 0.932 bits per heavy atom. The number of likely N-dealkylation sites (N-methyl/N-ethyl adjacent to an activating group) is 1. The van der Waals surface area contributed by atoms with Gasteiger partial charge < -0.3 is 49.4 Å². The molecule has 0 unspecified atom stereocenters. The molecule has 13 atom stereocenters. The Kier molecular flexibility index (Phi) is 17.2. The number of benzene rings is 1. The van der Waals surface area contributed by atoms with Crippen LogP contribution >= 0.6 is 0 Å². The normalized spacial score (nSPS) is 35.4. The minimum absolute atomic E-state index is 0.000160. The van der Waals surface area contributed by atoms with Crippen LogP contribution in [0, 0.1) is 23.7 Å². The third-order valence-corrected chi connectivity index (χ3v) is 12.2. The Morgan fingerprint density at radius 3 is 2.05 bits per heavy atom. The predicted molar refractivity (Wildman–Crippen MR) is 221 cm³/mol. The molecular weight excluding hydrogens is 762 g/mol. The topological polar surface area (TPSA) is 199 Å². The number of alkyl carbamates (subject to hydrolysis) is 1. The first-order valence-electron chi connectivity index (χ1n) is 20.8. The van der Waals surface area contributed by atoms with Gasteiger partial charge in [-0.3, -0.25) is 19.2 Å². The zero-order valence-electron chi connectivity index (χ0n) is 37.6. The second kappa shape index (κ2) is 20.4. The number of amides is 2. The third-order valence-electron chi connectivity index (χ3n) is 12.2. The van der Waals surface area contributed by atoms with Gasteiger partial charge in [-0.05, 0) is 84.2 Å². The summed E-state index contributed by atoms with van der Waals surface area (Å²) in [5.74, 6) is -6.52. The molecule has 2 fully saturated rings. The third kappa shape index (κ3) is 12.1. The van der Waals surface area contributed by atoms with Crippen molar-refractivity contribution in [1.82, 2.24) is 15.5 Å². The van der Waals surface area contributed by atoms with E-state index in [0.717, 1.165) is 5.56 Å². The quantitative estimate of drug-likeness (QED) is 0.149. The number of aliphatic hydroxyl groups excluding tert-OH is 1. The fourth-order valence-electron chi connectivity index (χ4n) is 8.36. The SMILES string of the molecule is CC[C@H]1OC(=O)[C@H](C)C(=O)[C@H](C)[C@@H](O[C@@H]2O[C@H](C)C[C@H](N(C)C)[C@H]2O)[C@](C)(OC)C[C@@H](C)C(=O)[C@H](C)[C@@H](OC(=O)NCCNC(=O)c2ccc(C(C)(C)C)cc2)[C@]1(C)O. The summed E-state index contributed by atoms with van der Waals surface area (Å²) in [6.07, 6.45) is -6.92. The lowest BCUT2D eigenvalue weighted by Gasteiger charge is -2.47. The molecule has 2 amide bonds. The molecule has 2 aliphatic rings. The van der Waals surface area contributed by atoms with Gasteiger partial charge in [-0.2, -0.15) is 0 Å².